The molecule has 2 aliphatic rings. The maximum absolute atomic E-state index is 13.9. The van der Waals surface area contributed by atoms with Gasteiger partial charge in [-0.1, -0.05) is 6.07 Å². The molecule has 1 N–H and O–H groups in total. The van der Waals surface area contributed by atoms with Crippen LogP contribution < -0.4 is 5.32 Å². The highest BCUT2D eigenvalue weighted by Crippen LogP contribution is 2.50. The van der Waals surface area contributed by atoms with Crippen LogP contribution in [0.2, 0.25) is 0 Å². The van der Waals surface area contributed by atoms with Gasteiger partial charge in [0, 0.05) is 37.0 Å². The first-order valence-electron chi connectivity index (χ1n) is 9.47. The number of piperidine rings is 1. The number of carbonyl (C=O) groups is 1. The normalized spacial score (nSPS) is 22.2. The highest BCUT2D eigenvalue weighted by Gasteiger charge is 2.48. The van der Waals surface area contributed by atoms with E-state index in [9.17, 15) is 18.0 Å². The lowest BCUT2D eigenvalue weighted by Gasteiger charge is -2.32. The topological polar surface area (TPSA) is 58.1 Å². The van der Waals surface area contributed by atoms with Gasteiger partial charge in [0.2, 0.25) is 11.9 Å². The molecule has 2 atom stereocenters. The van der Waals surface area contributed by atoms with Gasteiger partial charge in [0.1, 0.15) is 11.6 Å². The van der Waals surface area contributed by atoms with E-state index in [2.05, 4.69) is 15.3 Å². The summed E-state index contributed by atoms with van der Waals surface area (Å²) in [6.45, 7) is 1.90. The molecule has 1 saturated carbocycles. The van der Waals surface area contributed by atoms with Crippen molar-refractivity contribution in [3.8, 4) is 0 Å². The van der Waals surface area contributed by atoms with Crippen molar-refractivity contribution in [3.63, 3.8) is 0 Å². The summed E-state index contributed by atoms with van der Waals surface area (Å²) in [6, 6.07) is 3.81. The highest BCUT2D eigenvalue weighted by molar-refractivity contribution is 5.83. The standard InChI is InChI=1S/C20H21F3N4O/c21-13-10-25-20(26-11-13)24-9-12-4-6-27(7-5-12)19(28)15-8-14(15)18-16(22)2-1-3-17(18)23/h1-3,10-12,14-15H,4-9H2,(H,24,25,26). The summed E-state index contributed by atoms with van der Waals surface area (Å²) < 4.78 is 40.6. The van der Waals surface area contributed by atoms with Gasteiger partial charge in [0.15, 0.2) is 5.82 Å². The van der Waals surface area contributed by atoms with Gasteiger partial charge in [-0.25, -0.2) is 23.1 Å². The zero-order chi connectivity index (χ0) is 19.7. The lowest BCUT2D eigenvalue weighted by molar-refractivity contribution is -0.134. The van der Waals surface area contributed by atoms with Gasteiger partial charge in [-0.3, -0.25) is 4.79 Å². The number of amides is 1. The fourth-order valence-electron chi connectivity index (χ4n) is 3.88. The Hall–Kier alpha value is -2.64. The molecule has 2 heterocycles. The van der Waals surface area contributed by atoms with E-state index in [1.165, 1.54) is 18.2 Å². The average molecular weight is 390 g/mol. The smallest absolute Gasteiger partial charge is 0.226 e. The molecule has 1 aromatic carbocycles. The number of carbonyl (C=O) groups excluding carboxylic acids is 1. The second-order valence-electron chi connectivity index (χ2n) is 7.46. The molecule has 148 valence electrons. The van der Waals surface area contributed by atoms with Crippen molar-refractivity contribution in [2.45, 2.75) is 25.2 Å². The molecule has 1 amide bonds. The molecule has 4 rings (SSSR count). The molecule has 1 aliphatic heterocycles. The van der Waals surface area contributed by atoms with Crippen LogP contribution >= 0.6 is 0 Å². The van der Waals surface area contributed by atoms with Gasteiger partial charge in [0.05, 0.1) is 12.4 Å². The third kappa shape index (κ3) is 3.95. The zero-order valence-electron chi connectivity index (χ0n) is 15.2. The Balaban J connectivity index is 1.26. The first-order valence-corrected chi connectivity index (χ1v) is 9.47. The molecule has 28 heavy (non-hydrogen) atoms. The predicted molar refractivity (Wildman–Crippen MR) is 97.0 cm³/mol. The second-order valence-corrected chi connectivity index (χ2v) is 7.46. The van der Waals surface area contributed by atoms with E-state index in [1.807, 2.05) is 0 Å². The van der Waals surface area contributed by atoms with E-state index in [4.69, 9.17) is 0 Å². The van der Waals surface area contributed by atoms with Crippen molar-refractivity contribution in [2.75, 3.05) is 25.0 Å². The summed E-state index contributed by atoms with van der Waals surface area (Å²) in [4.78, 5) is 22.2. The Kier molecular flexibility index (Phi) is 5.19. The summed E-state index contributed by atoms with van der Waals surface area (Å²) in [5, 5.41) is 3.09. The van der Waals surface area contributed by atoms with Crippen LogP contribution in [0, 0.1) is 29.3 Å². The average Bonchev–Trinajstić information content (AvgIpc) is 3.48. The molecule has 5 nitrogen and oxygen atoms in total. The van der Waals surface area contributed by atoms with E-state index in [-0.39, 0.29) is 23.3 Å². The monoisotopic (exact) mass is 390 g/mol. The van der Waals surface area contributed by atoms with Crippen molar-refractivity contribution in [3.05, 3.63) is 53.6 Å². The van der Waals surface area contributed by atoms with Gasteiger partial charge in [-0.15, -0.1) is 0 Å². The van der Waals surface area contributed by atoms with Crippen LogP contribution in [0.5, 0.6) is 0 Å². The van der Waals surface area contributed by atoms with Crippen LogP contribution in [0.25, 0.3) is 0 Å². The lowest BCUT2D eigenvalue weighted by Crippen LogP contribution is -2.41. The minimum atomic E-state index is -0.576. The molecule has 8 heteroatoms. The Bertz CT molecular complexity index is 833. The molecule has 2 fully saturated rings. The summed E-state index contributed by atoms with van der Waals surface area (Å²) in [5.74, 6) is -1.59. The number of rotatable bonds is 5. The van der Waals surface area contributed by atoms with Gasteiger partial charge >= 0.3 is 0 Å². The summed E-state index contributed by atoms with van der Waals surface area (Å²) in [6.07, 6.45) is 4.37. The Morgan fingerprint density at radius 3 is 2.39 bits per heavy atom. The number of anilines is 1. The van der Waals surface area contributed by atoms with Gasteiger partial charge < -0.3 is 10.2 Å². The summed E-state index contributed by atoms with van der Waals surface area (Å²) in [7, 11) is 0. The number of benzene rings is 1. The quantitative estimate of drug-likeness (QED) is 0.851. The highest BCUT2D eigenvalue weighted by atomic mass is 19.1. The van der Waals surface area contributed by atoms with Gasteiger partial charge in [-0.05, 0) is 37.3 Å². The van der Waals surface area contributed by atoms with E-state index in [1.54, 1.807) is 4.90 Å². The first-order chi connectivity index (χ1) is 13.5. The minimum absolute atomic E-state index is 0.0130. The molecule has 0 bridgehead atoms. The second kappa shape index (κ2) is 7.77. The number of hydrogen-bond acceptors (Lipinski definition) is 4. The number of aromatic nitrogens is 2. The molecule has 0 spiro atoms. The number of likely N-dealkylation sites (tertiary alicyclic amines) is 1. The van der Waals surface area contributed by atoms with Crippen molar-refractivity contribution < 1.29 is 18.0 Å². The van der Waals surface area contributed by atoms with Crippen LogP contribution in [0.15, 0.2) is 30.6 Å². The Labute approximate surface area is 161 Å². The number of nitrogens with zero attached hydrogens (tertiary/aromatic N) is 3. The third-order valence-electron chi connectivity index (χ3n) is 5.57. The van der Waals surface area contributed by atoms with Crippen LogP contribution in [-0.2, 0) is 4.79 Å². The summed E-state index contributed by atoms with van der Waals surface area (Å²) >= 11 is 0. The molecular weight excluding hydrogens is 369 g/mol. The van der Waals surface area contributed by atoms with Crippen LogP contribution in [0.1, 0.15) is 30.7 Å². The number of hydrogen-bond donors (Lipinski definition) is 1. The largest absolute Gasteiger partial charge is 0.354 e. The van der Waals surface area contributed by atoms with Crippen LogP contribution in [-0.4, -0.2) is 40.4 Å². The van der Waals surface area contributed by atoms with E-state index in [0.29, 0.717) is 37.9 Å². The van der Waals surface area contributed by atoms with Crippen LogP contribution in [0.3, 0.4) is 0 Å². The van der Waals surface area contributed by atoms with Crippen molar-refractivity contribution in [2.24, 2.45) is 11.8 Å². The molecule has 1 aromatic heterocycles. The van der Waals surface area contributed by atoms with Crippen molar-refractivity contribution in [1.82, 2.24) is 14.9 Å². The molecule has 2 aromatic rings. The zero-order valence-corrected chi connectivity index (χ0v) is 15.2. The third-order valence-corrected chi connectivity index (χ3v) is 5.57. The molecule has 1 aliphatic carbocycles. The predicted octanol–water partition coefficient (Wildman–Crippen LogP) is 3.35. The molecule has 1 saturated heterocycles. The molecular formula is C20H21F3N4O. The van der Waals surface area contributed by atoms with Gasteiger partial charge in [0.25, 0.3) is 0 Å². The van der Waals surface area contributed by atoms with E-state index >= 15 is 0 Å². The molecule has 2 unspecified atom stereocenters. The maximum Gasteiger partial charge on any atom is 0.226 e. The Morgan fingerprint density at radius 1 is 1.11 bits per heavy atom. The van der Waals surface area contributed by atoms with Crippen molar-refractivity contribution >= 4 is 11.9 Å². The number of nitrogens with one attached hydrogen (secondary N) is 1. The number of halogens is 3. The fourth-order valence-corrected chi connectivity index (χ4v) is 3.88. The van der Waals surface area contributed by atoms with E-state index in [0.717, 1.165) is 25.2 Å². The maximum atomic E-state index is 13.9. The van der Waals surface area contributed by atoms with Gasteiger partial charge in [-0.2, -0.15) is 0 Å². The lowest BCUT2D eigenvalue weighted by atomic mass is 9.96. The summed E-state index contributed by atoms with van der Waals surface area (Å²) in [5.41, 5.74) is 0.0410. The Morgan fingerprint density at radius 2 is 1.75 bits per heavy atom. The molecule has 0 radical (unpaired) electrons. The SMILES string of the molecule is O=C(C1CC1c1c(F)cccc1F)N1CCC(CNc2ncc(F)cn2)CC1. The van der Waals surface area contributed by atoms with E-state index < -0.39 is 17.5 Å². The first kappa shape index (κ1) is 18.7. The van der Waals surface area contributed by atoms with Crippen LogP contribution in [0.4, 0.5) is 19.1 Å². The minimum Gasteiger partial charge on any atom is -0.354 e. The van der Waals surface area contributed by atoms with Crippen molar-refractivity contribution in [1.29, 1.82) is 0 Å². The fraction of sp³-hybridized carbons (Fsp3) is 0.450.